The Hall–Kier alpha value is 0. The molecule has 0 aromatic carbocycles. The van der Waals surface area contributed by atoms with Crippen LogP contribution in [0, 0.1) is 12.3 Å². The molecule has 0 heterocycles. The molecule has 0 aliphatic heterocycles. The zero-order valence-corrected chi connectivity index (χ0v) is 13.3. The van der Waals surface area contributed by atoms with Crippen molar-refractivity contribution in [1.82, 2.24) is 0 Å². The molecule has 0 nitrogen and oxygen atoms in total. The molecule has 0 aliphatic carbocycles. The van der Waals surface area contributed by atoms with Crippen LogP contribution in [0.2, 0.25) is 0 Å². The first-order valence-corrected chi connectivity index (χ1v) is 8.68. The van der Waals surface area contributed by atoms with Gasteiger partial charge in [0.2, 0.25) is 0 Å². The Kier molecular flexibility index (Phi) is 15.1. The van der Waals surface area contributed by atoms with E-state index in [1.165, 1.54) is 83.5 Å². The van der Waals surface area contributed by atoms with Crippen LogP contribution in [0.1, 0.15) is 104 Å². The quantitative estimate of drug-likeness (QED) is 0.294. The third-order valence-electron chi connectivity index (χ3n) is 4.01. The molecule has 0 aromatic rings. The second-order valence-electron chi connectivity index (χ2n) is 5.81. The molecule has 0 fully saturated rings. The molecule has 1 unspecified atom stereocenters. The summed E-state index contributed by atoms with van der Waals surface area (Å²) >= 11 is 0. The van der Waals surface area contributed by atoms with E-state index < -0.39 is 0 Å². The van der Waals surface area contributed by atoms with E-state index in [1.807, 2.05) is 0 Å². The van der Waals surface area contributed by atoms with Crippen LogP contribution in [-0.2, 0) is 0 Å². The first-order valence-electron chi connectivity index (χ1n) is 8.68. The van der Waals surface area contributed by atoms with E-state index in [4.69, 9.17) is 0 Å². The zero-order valence-electron chi connectivity index (χ0n) is 13.3. The molecule has 0 N–H and O–H groups in total. The topological polar surface area (TPSA) is 0 Å². The first kappa shape index (κ1) is 18.0. The van der Waals surface area contributed by atoms with E-state index in [9.17, 15) is 0 Å². The van der Waals surface area contributed by atoms with E-state index in [0.717, 1.165) is 5.92 Å². The Morgan fingerprint density at radius 3 is 1.78 bits per heavy atom. The van der Waals surface area contributed by atoms with Crippen molar-refractivity contribution in [2.24, 2.45) is 5.92 Å². The smallest absolute Gasteiger partial charge is 0.0355 e. The summed E-state index contributed by atoms with van der Waals surface area (Å²) in [6, 6.07) is 0. The standard InChI is InChI=1S/C18H37/c1-4-7-9-10-11-12-13-14-15-17-18(6-3)16-8-5-2/h17-18H,4-16H2,1-3H3. The average Bonchev–Trinajstić information content (AvgIpc) is 2.40. The highest BCUT2D eigenvalue weighted by atomic mass is 14.1. The van der Waals surface area contributed by atoms with Gasteiger partial charge in [0.1, 0.15) is 0 Å². The summed E-state index contributed by atoms with van der Waals surface area (Å²) in [5.74, 6) is 0.898. The molecule has 0 saturated heterocycles. The van der Waals surface area contributed by atoms with Crippen LogP contribution >= 0.6 is 0 Å². The molecule has 0 aliphatic rings. The number of hydrogen-bond acceptors (Lipinski definition) is 0. The second-order valence-corrected chi connectivity index (χ2v) is 5.81. The maximum absolute atomic E-state index is 2.60. The molecule has 0 amide bonds. The summed E-state index contributed by atoms with van der Waals surface area (Å²) in [6.07, 6.45) is 21.0. The van der Waals surface area contributed by atoms with Gasteiger partial charge in [0.25, 0.3) is 0 Å². The van der Waals surface area contributed by atoms with Crippen LogP contribution in [0.5, 0.6) is 0 Å². The largest absolute Gasteiger partial charge is 0.0654 e. The molecular formula is C18H37. The highest BCUT2D eigenvalue weighted by Crippen LogP contribution is 2.19. The van der Waals surface area contributed by atoms with Crippen molar-refractivity contribution in [3.63, 3.8) is 0 Å². The Labute approximate surface area is 117 Å². The van der Waals surface area contributed by atoms with Crippen LogP contribution < -0.4 is 0 Å². The van der Waals surface area contributed by atoms with Crippen molar-refractivity contribution < 1.29 is 0 Å². The van der Waals surface area contributed by atoms with E-state index in [0.29, 0.717) is 0 Å². The molecular weight excluding hydrogens is 216 g/mol. The zero-order chi connectivity index (χ0) is 13.5. The van der Waals surface area contributed by atoms with Crippen LogP contribution in [0.25, 0.3) is 0 Å². The lowest BCUT2D eigenvalue weighted by molar-refractivity contribution is 0.482. The lowest BCUT2D eigenvalue weighted by Gasteiger charge is -2.13. The lowest BCUT2D eigenvalue weighted by Crippen LogP contribution is -1.99. The fourth-order valence-electron chi connectivity index (χ4n) is 2.59. The number of unbranched alkanes of at least 4 members (excludes halogenated alkanes) is 9. The van der Waals surface area contributed by atoms with Gasteiger partial charge in [0, 0.05) is 0 Å². The van der Waals surface area contributed by atoms with Crippen molar-refractivity contribution in [1.29, 1.82) is 0 Å². The van der Waals surface area contributed by atoms with Crippen molar-refractivity contribution in [2.75, 3.05) is 0 Å². The fourth-order valence-corrected chi connectivity index (χ4v) is 2.59. The van der Waals surface area contributed by atoms with E-state index >= 15 is 0 Å². The first-order chi connectivity index (χ1) is 8.85. The summed E-state index contributed by atoms with van der Waals surface area (Å²) in [6.45, 7) is 6.92. The van der Waals surface area contributed by atoms with Crippen LogP contribution in [0.3, 0.4) is 0 Å². The summed E-state index contributed by atoms with van der Waals surface area (Å²) in [7, 11) is 0. The van der Waals surface area contributed by atoms with Gasteiger partial charge in [-0.3, -0.25) is 0 Å². The number of hydrogen-bond donors (Lipinski definition) is 0. The van der Waals surface area contributed by atoms with Crippen LogP contribution in [-0.4, -0.2) is 0 Å². The Bertz CT molecular complexity index is 139. The second kappa shape index (κ2) is 15.1. The predicted octanol–water partition coefficient (Wildman–Crippen LogP) is 6.94. The van der Waals surface area contributed by atoms with Crippen molar-refractivity contribution in [2.45, 2.75) is 104 Å². The molecule has 0 aromatic heterocycles. The van der Waals surface area contributed by atoms with Crippen LogP contribution in [0.4, 0.5) is 0 Å². The molecule has 0 saturated carbocycles. The van der Waals surface area contributed by atoms with Gasteiger partial charge in [-0.25, -0.2) is 0 Å². The van der Waals surface area contributed by atoms with Gasteiger partial charge in [0.05, 0.1) is 0 Å². The Morgan fingerprint density at radius 1 is 0.667 bits per heavy atom. The molecule has 0 heteroatoms. The SMILES string of the molecule is CCCCCCCCCC[CH]C(CC)CCCC. The molecule has 1 atom stereocenters. The molecule has 18 heavy (non-hydrogen) atoms. The van der Waals surface area contributed by atoms with Gasteiger partial charge < -0.3 is 0 Å². The normalized spacial score (nSPS) is 12.8. The van der Waals surface area contributed by atoms with E-state index in [2.05, 4.69) is 27.2 Å². The fraction of sp³-hybridized carbons (Fsp3) is 0.944. The summed E-state index contributed by atoms with van der Waals surface area (Å²) in [5.41, 5.74) is 0. The van der Waals surface area contributed by atoms with Crippen molar-refractivity contribution in [3.05, 3.63) is 6.42 Å². The van der Waals surface area contributed by atoms with Gasteiger partial charge in [-0.15, -0.1) is 0 Å². The summed E-state index contributed by atoms with van der Waals surface area (Å²) in [5, 5.41) is 0. The minimum atomic E-state index is 0.898. The predicted molar refractivity (Wildman–Crippen MR) is 84.8 cm³/mol. The van der Waals surface area contributed by atoms with Gasteiger partial charge >= 0.3 is 0 Å². The van der Waals surface area contributed by atoms with Gasteiger partial charge in [-0.2, -0.15) is 0 Å². The van der Waals surface area contributed by atoms with Crippen LogP contribution in [0.15, 0.2) is 0 Å². The molecule has 1 radical (unpaired) electrons. The van der Waals surface area contributed by atoms with Crippen molar-refractivity contribution in [3.8, 4) is 0 Å². The Balaban J connectivity index is 3.17. The van der Waals surface area contributed by atoms with Crippen molar-refractivity contribution >= 4 is 0 Å². The Morgan fingerprint density at radius 2 is 1.22 bits per heavy atom. The molecule has 109 valence electrons. The maximum Gasteiger partial charge on any atom is -0.0355 e. The highest BCUT2D eigenvalue weighted by molar-refractivity contribution is 4.75. The van der Waals surface area contributed by atoms with Gasteiger partial charge in [0.15, 0.2) is 0 Å². The van der Waals surface area contributed by atoms with E-state index in [1.54, 1.807) is 0 Å². The van der Waals surface area contributed by atoms with Gasteiger partial charge in [-0.1, -0.05) is 97.8 Å². The minimum absolute atomic E-state index is 0.898. The minimum Gasteiger partial charge on any atom is -0.0654 e. The lowest BCUT2D eigenvalue weighted by atomic mass is 9.93. The highest BCUT2D eigenvalue weighted by Gasteiger charge is 2.05. The number of rotatable bonds is 14. The molecule has 0 spiro atoms. The third kappa shape index (κ3) is 12.5. The maximum atomic E-state index is 2.60. The van der Waals surface area contributed by atoms with E-state index in [-0.39, 0.29) is 0 Å². The molecule has 0 bridgehead atoms. The summed E-state index contributed by atoms with van der Waals surface area (Å²) < 4.78 is 0. The molecule has 0 rings (SSSR count). The monoisotopic (exact) mass is 253 g/mol. The third-order valence-corrected chi connectivity index (χ3v) is 4.01. The van der Waals surface area contributed by atoms with Gasteiger partial charge in [-0.05, 0) is 18.8 Å². The summed E-state index contributed by atoms with van der Waals surface area (Å²) in [4.78, 5) is 0. The average molecular weight is 253 g/mol.